The number of nitrogens with zero attached hydrogens (tertiary/aromatic N) is 18. The normalized spacial score (nSPS) is 19.4. The van der Waals surface area contributed by atoms with E-state index in [4.69, 9.17) is 79.4 Å². The van der Waals surface area contributed by atoms with Crippen LogP contribution in [0.1, 0.15) is 109 Å². The number of pyridine rings is 3. The molecule has 1 unspecified atom stereocenters. The first-order valence-electron chi connectivity index (χ1n) is 43.3. The van der Waals surface area contributed by atoms with Crippen molar-refractivity contribution in [3.8, 4) is 84.6 Å². The molecule has 32 nitrogen and oxygen atoms in total. The maximum atomic E-state index is 12.1. The molecular weight excluding hydrogens is 1730 g/mol. The summed E-state index contributed by atoms with van der Waals surface area (Å²) >= 11 is -2.25. The summed E-state index contributed by atoms with van der Waals surface area (Å²) < 4.78 is 96.5. The first-order chi connectivity index (χ1) is 62.9. The number of piperidine rings is 3. The van der Waals surface area contributed by atoms with E-state index >= 15 is 0 Å². The zero-order valence-electron chi connectivity index (χ0n) is 74.0. The van der Waals surface area contributed by atoms with Gasteiger partial charge in [0.2, 0.25) is 26.9 Å². The summed E-state index contributed by atoms with van der Waals surface area (Å²) in [5.41, 5.74) is 27.1. The van der Waals surface area contributed by atoms with E-state index in [1.807, 2.05) is 150 Å². The molecule has 0 saturated carbocycles. The second kappa shape index (κ2) is 41.5. The molecule has 9 aliphatic heterocycles. The van der Waals surface area contributed by atoms with Crippen LogP contribution in [0.2, 0.25) is 0 Å². The molecular formula is C94H103N21O11S4. The summed E-state index contributed by atoms with van der Waals surface area (Å²) in [6.45, 7) is 28.3. The Balaban J connectivity index is 0.000000136. The number of fused-ring (bicyclic) bond motifs is 15. The van der Waals surface area contributed by atoms with E-state index in [9.17, 15) is 8.42 Å². The molecule has 0 spiro atoms. The van der Waals surface area contributed by atoms with Crippen LogP contribution in [0.25, 0.3) is 118 Å². The maximum Gasteiger partial charge on any atom is 0.335 e. The Hall–Kier alpha value is -12.6. The SMILES string of the molecule is Cc1cnc(N[C@@H]2CC3CCN(CC3)C2)nc1-c1cn(-c2ccccc2)c2nc(-c3c(C)noc3C)ccc12.Cc1cnc(N[C@H]2CC3CCN(CC3)C2)nc1-c1cn(-c2ccccc2)c2nc(-c3c(C)noc3C)ccc12.Cc1cnc(S(C)(=O)=O)nc1-c1cn(-c2ccccc2)c2nc(-c3c(C)noc3C)ccc12.NC1CC2CCN(CC2)C1.O=S=O.O=S=O.O=S=O. The van der Waals surface area contributed by atoms with Gasteiger partial charge in [-0.3, -0.25) is 0 Å². The zero-order chi connectivity index (χ0) is 91.4. The number of para-hydroxylation sites is 3. The first-order valence-corrected chi connectivity index (χ1v) is 47.2. The van der Waals surface area contributed by atoms with Gasteiger partial charge in [0.25, 0.3) is 0 Å². The molecule has 12 aromatic heterocycles. The Morgan fingerprint density at radius 2 is 0.685 bits per heavy atom. The lowest BCUT2D eigenvalue weighted by Gasteiger charge is -2.26. The number of anilines is 2. The minimum absolute atomic E-state index is 0.205. The van der Waals surface area contributed by atoms with Gasteiger partial charge < -0.3 is 58.3 Å². The zero-order valence-corrected chi connectivity index (χ0v) is 77.3. The second-order valence-electron chi connectivity index (χ2n) is 34.0. The molecule has 3 aromatic carbocycles. The van der Waals surface area contributed by atoms with E-state index in [-0.39, 0.29) is 5.16 Å². The third-order valence-corrected chi connectivity index (χ3v) is 25.9. The van der Waals surface area contributed by atoms with Crippen molar-refractivity contribution in [1.29, 1.82) is 0 Å². The van der Waals surface area contributed by atoms with Gasteiger partial charge in [-0.05, 0) is 267 Å². The van der Waals surface area contributed by atoms with Crippen LogP contribution in [0.4, 0.5) is 11.9 Å². The quantitative estimate of drug-likeness (QED) is 0.0851. The number of sulfone groups is 1. The van der Waals surface area contributed by atoms with E-state index in [0.29, 0.717) is 47.1 Å². The fraction of sp³-hybridized carbons (Fsp3) is 0.362. The van der Waals surface area contributed by atoms with Crippen LogP contribution >= 0.6 is 0 Å². The smallest absolute Gasteiger partial charge is 0.335 e. The van der Waals surface area contributed by atoms with E-state index < -0.39 is 44.6 Å². The number of nitrogens with two attached hydrogens (primary N) is 1. The van der Waals surface area contributed by atoms with E-state index in [2.05, 4.69) is 135 Å². The Bertz CT molecular complexity index is 6390. The Kier molecular flexibility index (Phi) is 29.4. The van der Waals surface area contributed by atoms with Gasteiger partial charge in [-0.25, -0.2) is 53.3 Å². The Labute approximate surface area is 763 Å². The summed E-state index contributed by atoms with van der Waals surface area (Å²) in [4.78, 5) is 50.9. The molecule has 6 bridgehead atoms. The van der Waals surface area contributed by atoms with Crippen LogP contribution in [-0.2, 0) is 44.6 Å². The molecule has 130 heavy (non-hydrogen) atoms. The molecule has 674 valence electrons. The molecule has 0 amide bonds. The molecule has 9 fully saturated rings. The predicted molar refractivity (Wildman–Crippen MR) is 499 cm³/mol. The summed E-state index contributed by atoms with van der Waals surface area (Å²) in [5, 5.41) is 22.4. The van der Waals surface area contributed by atoms with Crippen LogP contribution < -0.4 is 16.4 Å². The lowest BCUT2D eigenvalue weighted by atomic mass is 9.94. The summed E-state index contributed by atoms with van der Waals surface area (Å²) in [5.74, 6) is 6.18. The Morgan fingerprint density at radius 3 is 0.992 bits per heavy atom. The van der Waals surface area contributed by atoms with Gasteiger partial charge in [-0.15, -0.1) is 0 Å². The summed E-state index contributed by atoms with van der Waals surface area (Å²) in [6, 6.07) is 44.0. The highest BCUT2D eigenvalue weighted by Crippen LogP contribution is 2.42. The van der Waals surface area contributed by atoms with Crippen LogP contribution in [0.3, 0.4) is 0 Å². The second-order valence-corrected chi connectivity index (χ2v) is 36.4. The summed E-state index contributed by atoms with van der Waals surface area (Å²) in [6.07, 6.45) is 24.4. The molecule has 36 heteroatoms. The molecule has 0 aliphatic carbocycles. The van der Waals surface area contributed by atoms with Crippen LogP contribution in [0.5, 0.6) is 0 Å². The number of aromatic nitrogens is 15. The van der Waals surface area contributed by atoms with Crippen molar-refractivity contribution in [3.05, 3.63) is 216 Å². The summed E-state index contributed by atoms with van der Waals surface area (Å²) in [7, 11) is -3.56. The largest absolute Gasteiger partial charge is 0.361 e. The minimum atomic E-state index is -3.56. The fourth-order valence-corrected chi connectivity index (χ4v) is 19.3. The number of nitrogens with one attached hydrogen (secondary N) is 2. The van der Waals surface area contributed by atoms with Gasteiger partial charge in [0.05, 0.1) is 67.9 Å². The van der Waals surface area contributed by atoms with Gasteiger partial charge in [0, 0.05) is 131 Å². The number of aryl methyl sites for hydroxylation is 9. The van der Waals surface area contributed by atoms with Crippen molar-refractivity contribution in [2.75, 3.05) is 75.8 Å². The number of hydrogen-bond acceptors (Lipinski definition) is 29. The maximum absolute atomic E-state index is 12.1. The standard InChI is InChI=1S/2C31H33N7O.C24H21N5O3S.C8H16N2.3O2S/c2*1-19-16-32-31(33-23-15-22-11-13-37(17-23)14-12-22)35-29(19)26-18-38(24-7-5-4-6-8-24)30-25(26)9-10-27(34-30)28-20(2)36-39-21(28)3;1-14-12-25-24(33(4,30)31)27-22(14)19-13-29(17-8-6-5-7-9-17)23-18(19)10-11-20(26-23)21-15(2)28-32-16(21)3;9-8-5-7-1-3-10(6-8)4-2-7;3*1-3-2/h2*4-10,16,18,22-23H,11-15,17H2,1-3H3,(H,32,33,35);5-13H,1-4H3;7-8H,1-6,9H2;;;/t2*23-;;;;;/m10...../s1. The van der Waals surface area contributed by atoms with E-state index in [0.717, 1.165) is 195 Å². The van der Waals surface area contributed by atoms with Gasteiger partial charge >= 0.3 is 34.7 Å². The van der Waals surface area contributed by atoms with E-state index in [1.165, 1.54) is 103 Å². The van der Waals surface area contributed by atoms with Gasteiger partial charge in [-0.2, -0.15) is 25.3 Å². The topological polar surface area (TPSA) is 405 Å². The first kappa shape index (κ1) is 92.2. The molecule has 9 saturated heterocycles. The molecule has 4 N–H and O–H groups in total. The fourth-order valence-electron chi connectivity index (χ4n) is 18.8. The third-order valence-electron chi connectivity index (χ3n) is 25.0. The average molecular weight is 1830 g/mol. The van der Waals surface area contributed by atoms with Crippen molar-refractivity contribution in [1.82, 2.24) is 88.7 Å². The number of hydrogen-bond donors (Lipinski definition) is 3. The van der Waals surface area contributed by atoms with Crippen LogP contribution in [0.15, 0.2) is 183 Å². The molecule has 24 rings (SSSR count). The highest BCUT2D eigenvalue weighted by Gasteiger charge is 2.34. The monoisotopic (exact) mass is 1830 g/mol. The molecule has 0 radical (unpaired) electrons. The highest BCUT2D eigenvalue weighted by atomic mass is 32.2. The van der Waals surface area contributed by atoms with Crippen molar-refractivity contribution in [3.63, 3.8) is 0 Å². The van der Waals surface area contributed by atoms with Gasteiger partial charge in [0.15, 0.2) is 0 Å². The van der Waals surface area contributed by atoms with Crippen molar-refractivity contribution >= 4 is 89.5 Å². The van der Waals surface area contributed by atoms with Gasteiger partial charge in [-0.1, -0.05) is 70.1 Å². The van der Waals surface area contributed by atoms with Crippen LogP contribution in [0, 0.1) is 80.1 Å². The molecule has 3 atom stereocenters. The highest BCUT2D eigenvalue weighted by molar-refractivity contribution is 7.90. The molecule has 15 aromatic rings. The van der Waals surface area contributed by atoms with Gasteiger partial charge in [0.1, 0.15) is 34.2 Å². The minimum Gasteiger partial charge on any atom is -0.361 e. The number of rotatable bonds is 14. The number of benzene rings is 3. The van der Waals surface area contributed by atoms with Crippen molar-refractivity contribution < 1.29 is 47.2 Å². The predicted octanol–water partition coefficient (Wildman–Crippen LogP) is 14.8. The Morgan fingerprint density at radius 1 is 0.385 bits per heavy atom. The average Bonchev–Trinajstić information content (AvgIpc) is 1.61. The third kappa shape index (κ3) is 21.0. The van der Waals surface area contributed by atoms with Crippen molar-refractivity contribution in [2.45, 2.75) is 143 Å². The van der Waals surface area contributed by atoms with E-state index in [1.54, 1.807) is 0 Å². The lowest BCUT2D eigenvalue weighted by Crippen LogP contribution is -2.35. The lowest BCUT2D eigenvalue weighted by molar-refractivity contribution is 0.223. The molecule has 9 aliphatic rings. The molecule has 21 heterocycles. The van der Waals surface area contributed by atoms with Crippen molar-refractivity contribution in [2.24, 2.45) is 23.5 Å². The van der Waals surface area contributed by atoms with Crippen LogP contribution in [-0.4, -0.2) is 206 Å².